The second-order valence-electron chi connectivity index (χ2n) is 23.1. The van der Waals surface area contributed by atoms with Crippen LogP contribution in [-0.2, 0) is 43.3 Å². The molecule has 0 atom stereocenters. The van der Waals surface area contributed by atoms with Crippen LogP contribution in [0.3, 0.4) is 0 Å². The van der Waals surface area contributed by atoms with Gasteiger partial charge in [-0.05, 0) is 40.2 Å². The van der Waals surface area contributed by atoms with E-state index in [1.165, 1.54) is 16.8 Å². The molecule has 0 saturated heterocycles. The number of aromatic nitrogens is 5. The molecule has 0 aromatic carbocycles. The van der Waals surface area contributed by atoms with E-state index in [0.29, 0.717) is 0 Å². The van der Waals surface area contributed by atoms with Gasteiger partial charge in [-0.1, -0.05) is 183 Å². The Morgan fingerprint density at radius 2 is 0.759 bits per heavy atom. The Morgan fingerprint density at radius 3 is 0.944 bits per heavy atom. The number of rotatable bonds is 0. The molecule has 4 heterocycles. The van der Waals surface area contributed by atoms with Gasteiger partial charge in [-0.25, -0.2) is 0 Å². The maximum Gasteiger partial charge on any atom is 0.142 e. The summed E-state index contributed by atoms with van der Waals surface area (Å²) in [6, 6.07) is 12.9. The van der Waals surface area contributed by atoms with Gasteiger partial charge in [0.05, 0.1) is 11.4 Å². The molecule has 4 aromatic rings. The molecular weight excluding hydrogens is 663 g/mol. The molecule has 304 valence electrons. The quantitative estimate of drug-likeness (QED) is 0.194. The first-order chi connectivity index (χ1) is 23.8. The Bertz CT molecular complexity index is 1430. The zero-order valence-corrected chi connectivity index (χ0v) is 39.3. The molecule has 4 aromatic heterocycles. The van der Waals surface area contributed by atoms with E-state index in [4.69, 9.17) is 4.52 Å². The fourth-order valence-corrected chi connectivity index (χ4v) is 4.63. The van der Waals surface area contributed by atoms with Gasteiger partial charge in [0.1, 0.15) is 5.76 Å². The fourth-order valence-electron chi connectivity index (χ4n) is 4.63. The minimum absolute atomic E-state index is 0.0521. The highest BCUT2D eigenvalue weighted by Gasteiger charge is 2.25. The van der Waals surface area contributed by atoms with Crippen molar-refractivity contribution in [1.82, 2.24) is 25.3 Å². The standard InChI is InChI=1S/2C13H21N.C11H20N2.C11H19NO/c2*1-12(2,3)10-7-8-11(14-9-10)13(4,5)6;2*1-10(2,3)8-7-9(13-12-8)11(4,5)6/h2*7-9H,1-6H3;7H,1-6H3,(H,12,13);7H,1-6H3. The number of aromatic amines is 1. The van der Waals surface area contributed by atoms with Crippen molar-refractivity contribution in [2.24, 2.45) is 0 Å². The average Bonchev–Trinajstić information content (AvgIpc) is 3.68. The van der Waals surface area contributed by atoms with Crippen molar-refractivity contribution < 1.29 is 4.52 Å². The van der Waals surface area contributed by atoms with Crippen molar-refractivity contribution in [1.29, 1.82) is 0 Å². The van der Waals surface area contributed by atoms with Crippen molar-refractivity contribution in [3.05, 3.63) is 94.1 Å². The molecule has 0 aliphatic rings. The van der Waals surface area contributed by atoms with E-state index in [-0.39, 0.29) is 43.3 Å². The van der Waals surface area contributed by atoms with E-state index in [0.717, 1.165) is 28.5 Å². The molecule has 4 rings (SSSR count). The maximum atomic E-state index is 5.31. The summed E-state index contributed by atoms with van der Waals surface area (Å²) < 4.78 is 5.31. The molecule has 0 spiro atoms. The molecule has 0 fully saturated rings. The Hall–Kier alpha value is -3.28. The second kappa shape index (κ2) is 17.2. The summed E-state index contributed by atoms with van der Waals surface area (Å²) in [5.74, 6) is 0.956. The van der Waals surface area contributed by atoms with E-state index >= 15 is 0 Å². The van der Waals surface area contributed by atoms with E-state index in [9.17, 15) is 0 Å². The predicted octanol–water partition coefficient (Wildman–Crippen LogP) is 13.6. The van der Waals surface area contributed by atoms with E-state index in [1.807, 2.05) is 12.4 Å². The SMILES string of the molecule is CC(C)(C)c1cc(C(C)(C)C)[nH]n1.CC(C)(C)c1cc(C(C)(C)C)on1.CC(C)(C)c1ccc(C(C)(C)C)nc1.CC(C)(C)c1ccc(C(C)(C)C)nc1. The maximum absolute atomic E-state index is 5.31. The lowest BCUT2D eigenvalue weighted by Gasteiger charge is -2.22. The lowest BCUT2D eigenvalue weighted by atomic mass is 9.86. The largest absolute Gasteiger partial charge is 0.361 e. The first-order valence-corrected chi connectivity index (χ1v) is 19.8. The minimum atomic E-state index is 0.0521. The summed E-state index contributed by atoms with van der Waals surface area (Å²) >= 11 is 0. The normalized spacial score (nSPS) is 13.2. The van der Waals surface area contributed by atoms with Gasteiger partial charge in [0.15, 0.2) is 0 Å². The van der Waals surface area contributed by atoms with Gasteiger partial charge in [-0.2, -0.15) is 5.10 Å². The lowest BCUT2D eigenvalue weighted by Crippen LogP contribution is -2.16. The summed E-state index contributed by atoms with van der Waals surface area (Å²) in [7, 11) is 0. The third-order valence-electron chi connectivity index (χ3n) is 8.97. The van der Waals surface area contributed by atoms with Crippen LogP contribution in [0, 0.1) is 0 Å². The first-order valence-electron chi connectivity index (χ1n) is 19.8. The van der Waals surface area contributed by atoms with Crippen molar-refractivity contribution in [2.75, 3.05) is 0 Å². The summed E-state index contributed by atoms with van der Waals surface area (Å²) in [5, 5.41) is 11.5. The van der Waals surface area contributed by atoms with Crippen molar-refractivity contribution in [2.45, 2.75) is 209 Å². The molecule has 0 saturated carbocycles. The van der Waals surface area contributed by atoms with Crippen molar-refractivity contribution in [3.63, 3.8) is 0 Å². The van der Waals surface area contributed by atoms with Gasteiger partial charge in [0.2, 0.25) is 0 Å². The van der Waals surface area contributed by atoms with Crippen LogP contribution in [0.5, 0.6) is 0 Å². The molecule has 6 heteroatoms. The summed E-state index contributed by atoms with van der Waals surface area (Å²) in [6.45, 7) is 52.2. The van der Waals surface area contributed by atoms with Crippen LogP contribution in [0.2, 0.25) is 0 Å². The topological polar surface area (TPSA) is 80.5 Å². The highest BCUT2D eigenvalue weighted by atomic mass is 16.5. The van der Waals surface area contributed by atoms with Gasteiger partial charge in [-0.3, -0.25) is 15.1 Å². The van der Waals surface area contributed by atoms with Crippen LogP contribution < -0.4 is 0 Å². The van der Waals surface area contributed by atoms with Gasteiger partial charge >= 0.3 is 0 Å². The van der Waals surface area contributed by atoms with Crippen LogP contribution in [-0.4, -0.2) is 25.3 Å². The molecule has 0 radical (unpaired) electrons. The highest BCUT2D eigenvalue weighted by Crippen LogP contribution is 2.29. The monoisotopic (exact) mass is 744 g/mol. The van der Waals surface area contributed by atoms with Crippen molar-refractivity contribution in [3.8, 4) is 0 Å². The molecule has 54 heavy (non-hydrogen) atoms. The van der Waals surface area contributed by atoms with Crippen LogP contribution in [0.4, 0.5) is 0 Å². The molecule has 0 bridgehead atoms. The Kier molecular flexibility index (Phi) is 15.6. The molecule has 0 amide bonds. The van der Waals surface area contributed by atoms with Gasteiger partial charge in [0.25, 0.3) is 0 Å². The fraction of sp³-hybridized carbons (Fsp3) is 0.667. The smallest absolute Gasteiger partial charge is 0.142 e. The number of pyridine rings is 2. The number of H-pyrrole nitrogens is 1. The summed E-state index contributed by atoms with van der Waals surface area (Å²) in [4.78, 5) is 9.03. The van der Waals surface area contributed by atoms with Gasteiger partial charge < -0.3 is 4.52 Å². The molecule has 0 unspecified atom stereocenters. The van der Waals surface area contributed by atoms with Crippen LogP contribution >= 0.6 is 0 Å². The van der Waals surface area contributed by atoms with E-state index < -0.39 is 0 Å². The Balaban J connectivity index is 0.000000360. The van der Waals surface area contributed by atoms with Gasteiger partial charge in [-0.15, -0.1) is 0 Å². The summed E-state index contributed by atoms with van der Waals surface area (Å²) in [6.07, 6.45) is 4.00. The molecule has 1 N–H and O–H groups in total. The molecule has 0 aliphatic carbocycles. The third-order valence-corrected chi connectivity index (χ3v) is 8.97. The second-order valence-corrected chi connectivity index (χ2v) is 23.1. The number of hydrogen-bond acceptors (Lipinski definition) is 5. The predicted molar refractivity (Wildman–Crippen MR) is 233 cm³/mol. The van der Waals surface area contributed by atoms with Crippen LogP contribution in [0.15, 0.2) is 53.3 Å². The molecular formula is C48H81N5O. The Morgan fingerprint density at radius 1 is 0.389 bits per heavy atom. The molecule has 0 aliphatic heterocycles. The van der Waals surface area contributed by atoms with E-state index in [2.05, 4.69) is 228 Å². The number of nitrogens with one attached hydrogen (secondary N) is 1. The zero-order chi connectivity index (χ0) is 42.5. The van der Waals surface area contributed by atoms with Gasteiger partial charge in [0, 0.05) is 68.0 Å². The number of nitrogens with zero attached hydrogens (tertiary/aromatic N) is 4. The van der Waals surface area contributed by atoms with Crippen LogP contribution in [0.25, 0.3) is 0 Å². The van der Waals surface area contributed by atoms with Crippen LogP contribution in [0.1, 0.15) is 212 Å². The average molecular weight is 744 g/mol. The Labute approximate surface area is 332 Å². The van der Waals surface area contributed by atoms with Crippen molar-refractivity contribution >= 4 is 0 Å². The lowest BCUT2D eigenvalue weighted by molar-refractivity contribution is 0.319. The molecule has 6 nitrogen and oxygen atoms in total. The third kappa shape index (κ3) is 16.2. The minimum Gasteiger partial charge on any atom is -0.361 e. The first kappa shape index (κ1) is 48.7. The summed E-state index contributed by atoms with van der Waals surface area (Å²) in [5.41, 5.74) is 9.40. The van der Waals surface area contributed by atoms with E-state index in [1.54, 1.807) is 0 Å². The highest BCUT2D eigenvalue weighted by molar-refractivity contribution is 5.25. The zero-order valence-electron chi connectivity index (χ0n) is 39.3. The number of hydrogen-bond donors (Lipinski definition) is 1.